The van der Waals surface area contributed by atoms with E-state index in [0.29, 0.717) is 34.5 Å². The van der Waals surface area contributed by atoms with Gasteiger partial charge in [-0.2, -0.15) is 0 Å². The van der Waals surface area contributed by atoms with E-state index in [1.165, 1.54) is 24.3 Å². The van der Waals surface area contributed by atoms with Crippen LogP contribution in [0.3, 0.4) is 0 Å². The molecule has 4 aromatic carbocycles. The Kier molecular flexibility index (Phi) is 8.06. The van der Waals surface area contributed by atoms with Gasteiger partial charge in [-0.1, -0.05) is 0 Å². The number of carbonyl (C=O) groups excluding carboxylic acids is 4. The zero-order valence-corrected chi connectivity index (χ0v) is 24.5. The van der Waals surface area contributed by atoms with Gasteiger partial charge < -0.3 is 23.7 Å². The summed E-state index contributed by atoms with van der Waals surface area (Å²) in [6.45, 7) is 0.371. The summed E-state index contributed by atoms with van der Waals surface area (Å²) in [5.74, 6) is 1.40. The van der Waals surface area contributed by atoms with E-state index < -0.39 is 23.6 Å². The van der Waals surface area contributed by atoms with Gasteiger partial charge in [-0.15, -0.1) is 0 Å². The molecule has 0 N–H and O–H groups in total. The van der Waals surface area contributed by atoms with Crippen LogP contribution in [0.1, 0.15) is 41.4 Å². The zero-order chi connectivity index (χ0) is 31.5. The van der Waals surface area contributed by atoms with Gasteiger partial charge >= 0.3 is 0 Å². The number of amides is 4. The summed E-state index contributed by atoms with van der Waals surface area (Å²) in [4.78, 5) is 54.3. The summed E-state index contributed by atoms with van der Waals surface area (Å²) >= 11 is 0. The first kappa shape index (κ1) is 29.2. The summed E-state index contributed by atoms with van der Waals surface area (Å²) < 4.78 is 27.6. The normalized spacial score (nSPS) is 13.6. The van der Waals surface area contributed by atoms with E-state index in [0.717, 1.165) is 9.80 Å². The standard InChI is InChI=1S/C34H28N2O9/c1-41-21-3-7-23(8-4-21)43-17-15-35-31(37)27-13-11-25(19-29(27)33(35)39)45-26-12-14-28-30(20-26)34(40)36(32(28)38)16-18-44-24-9-5-22(42-2)6-10-24/h3-14,19-20H,15-18H2,1-2H3. The van der Waals surface area contributed by atoms with E-state index in [-0.39, 0.29) is 48.6 Å². The van der Waals surface area contributed by atoms with Crippen LogP contribution in [-0.2, 0) is 0 Å². The third-order valence-corrected chi connectivity index (χ3v) is 7.41. The molecule has 11 nitrogen and oxygen atoms in total. The van der Waals surface area contributed by atoms with Crippen molar-refractivity contribution in [1.82, 2.24) is 9.80 Å². The average Bonchev–Trinajstić information content (AvgIpc) is 3.44. The first-order chi connectivity index (χ1) is 21.9. The van der Waals surface area contributed by atoms with E-state index in [1.54, 1.807) is 74.9 Å². The monoisotopic (exact) mass is 608 g/mol. The summed E-state index contributed by atoms with van der Waals surface area (Å²) in [6.07, 6.45) is 0. The van der Waals surface area contributed by atoms with E-state index in [1.807, 2.05) is 0 Å². The second kappa shape index (κ2) is 12.4. The smallest absolute Gasteiger partial charge is 0.261 e. The van der Waals surface area contributed by atoms with Gasteiger partial charge in [0.05, 0.1) is 49.6 Å². The molecule has 6 rings (SSSR count). The number of fused-ring (bicyclic) bond motifs is 2. The Bertz CT molecular complexity index is 1650. The number of imide groups is 2. The van der Waals surface area contributed by atoms with Crippen molar-refractivity contribution in [3.05, 3.63) is 107 Å². The molecule has 0 atom stereocenters. The highest BCUT2D eigenvalue weighted by Crippen LogP contribution is 2.32. The van der Waals surface area contributed by atoms with Crippen molar-refractivity contribution in [2.24, 2.45) is 0 Å². The molecule has 0 unspecified atom stereocenters. The number of hydrogen-bond acceptors (Lipinski definition) is 9. The summed E-state index contributed by atoms with van der Waals surface area (Å²) in [5, 5.41) is 0. The first-order valence-electron chi connectivity index (χ1n) is 14.1. The van der Waals surface area contributed by atoms with Crippen LogP contribution in [0.25, 0.3) is 0 Å². The molecule has 0 spiro atoms. The maximum atomic E-state index is 13.1. The third kappa shape index (κ3) is 5.87. The SMILES string of the molecule is COc1ccc(OCCN2C(=O)c3ccc(Oc4ccc5c(c4)C(=O)N(CCOc4ccc(OC)cc4)C5=O)cc3C2=O)cc1. The summed E-state index contributed by atoms with van der Waals surface area (Å²) in [5.41, 5.74) is 0.938. The summed E-state index contributed by atoms with van der Waals surface area (Å²) in [6, 6.07) is 23.2. The lowest BCUT2D eigenvalue weighted by molar-refractivity contribution is 0.0617. The predicted molar refractivity (Wildman–Crippen MR) is 161 cm³/mol. The largest absolute Gasteiger partial charge is 0.497 e. The number of methoxy groups -OCH3 is 2. The zero-order valence-electron chi connectivity index (χ0n) is 24.5. The van der Waals surface area contributed by atoms with Gasteiger partial charge in [0, 0.05) is 0 Å². The van der Waals surface area contributed by atoms with Crippen LogP contribution in [0, 0.1) is 0 Å². The number of hydrogen-bond donors (Lipinski definition) is 0. The molecule has 45 heavy (non-hydrogen) atoms. The van der Waals surface area contributed by atoms with Crippen LogP contribution in [0.2, 0.25) is 0 Å². The topological polar surface area (TPSA) is 121 Å². The van der Waals surface area contributed by atoms with Gasteiger partial charge in [0.25, 0.3) is 23.6 Å². The number of nitrogens with zero attached hydrogens (tertiary/aromatic N) is 2. The van der Waals surface area contributed by atoms with Gasteiger partial charge in [0.15, 0.2) is 0 Å². The first-order valence-corrected chi connectivity index (χ1v) is 14.1. The number of rotatable bonds is 12. The highest BCUT2D eigenvalue weighted by molar-refractivity contribution is 6.22. The van der Waals surface area contributed by atoms with Crippen LogP contribution >= 0.6 is 0 Å². The Balaban J connectivity index is 1.07. The molecule has 2 aliphatic heterocycles. The number of carbonyl (C=O) groups is 4. The van der Waals surface area contributed by atoms with Crippen LogP contribution in [0.4, 0.5) is 0 Å². The van der Waals surface area contributed by atoms with E-state index in [2.05, 4.69) is 0 Å². The molecule has 0 fully saturated rings. The minimum absolute atomic E-state index is 0.0666. The molecule has 0 aromatic heterocycles. The lowest BCUT2D eigenvalue weighted by Gasteiger charge is -2.14. The summed E-state index contributed by atoms with van der Waals surface area (Å²) in [7, 11) is 3.14. The molecule has 228 valence electrons. The van der Waals surface area contributed by atoms with E-state index in [9.17, 15) is 19.2 Å². The van der Waals surface area contributed by atoms with Gasteiger partial charge in [-0.25, -0.2) is 0 Å². The lowest BCUT2D eigenvalue weighted by Crippen LogP contribution is -2.33. The van der Waals surface area contributed by atoms with Crippen LogP contribution in [0.5, 0.6) is 34.5 Å². The molecule has 0 bridgehead atoms. The van der Waals surface area contributed by atoms with Gasteiger partial charge in [0.1, 0.15) is 47.7 Å². The quantitative estimate of drug-likeness (QED) is 0.208. The fourth-order valence-corrected chi connectivity index (χ4v) is 5.06. The fraction of sp³-hybridized carbons (Fsp3) is 0.176. The van der Waals surface area contributed by atoms with Gasteiger partial charge in [0.2, 0.25) is 0 Å². The molecule has 0 saturated carbocycles. The molecular formula is C34H28N2O9. The van der Waals surface area contributed by atoms with Crippen molar-refractivity contribution in [3.63, 3.8) is 0 Å². The van der Waals surface area contributed by atoms with Crippen molar-refractivity contribution in [2.75, 3.05) is 40.5 Å². The van der Waals surface area contributed by atoms with Crippen molar-refractivity contribution in [1.29, 1.82) is 0 Å². The van der Waals surface area contributed by atoms with E-state index in [4.69, 9.17) is 23.7 Å². The molecule has 0 saturated heterocycles. The van der Waals surface area contributed by atoms with Crippen LogP contribution in [-0.4, -0.2) is 74.0 Å². The van der Waals surface area contributed by atoms with Crippen molar-refractivity contribution in [2.45, 2.75) is 0 Å². The Morgan fingerprint density at radius 1 is 0.444 bits per heavy atom. The number of benzene rings is 4. The molecule has 4 amide bonds. The molecular weight excluding hydrogens is 580 g/mol. The third-order valence-electron chi connectivity index (χ3n) is 7.41. The second-order valence-corrected chi connectivity index (χ2v) is 10.1. The van der Waals surface area contributed by atoms with Crippen LogP contribution in [0.15, 0.2) is 84.9 Å². The minimum atomic E-state index is -0.457. The Morgan fingerprint density at radius 2 is 0.778 bits per heavy atom. The highest BCUT2D eigenvalue weighted by atomic mass is 16.5. The van der Waals surface area contributed by atoms with Gasteiger partial charge in [-0.3, -0.25) is 29.0 Å². The lowest BCUT2D eigenvalue weighted by atomic mass is 10.1. The minimum Gasteiger partial charge on any atom is -0.497 e. The molecule has 2 aliphatic rings. The fourth-order valence-electron chi connectivity index (χ4n) is 5.06. The maximum absolute atomic E-state index is 13.1. The highest BCUT2D eigenvalue weighted by Gasteiger charge is 2.37. The predicted octanol–water partition coefficient (Wildman–Crippen LogP) is 4.85. The van der Waals surface area contributed by atoms with Crippen molar-refractivity contribution >= 4 is 23.6 Å². The second-order valence-electron chi connectivity index (χ2n) is 10.1. The van der Waals surface area contributed by atoms with Crippen molar-refractivity contribution < 1.29 is 42.9 Å². The van der Waals surface area contributed by atoms with Crippen molar-refractivity contribution in [3.8, 4) is 34.5 Å². The average molecular weight is 609 g/mol. The Morgan fingerprint density at radius 3 is 1.16 bits per heavy atom. The molecule has 2 heterocycles. The van der Waals surface area contributed by atoms with Gasteiger partial charge in [-0.05, 0) is 84.9 Å². The molecule has 0 aliphatic carbocycles. The Labute approximate surface area is 258 Å². The molecule has 4 aromatic rings. The van der Waals surface area contributed by atoms with Crippen LogP contribution < -0.4 is 23.7 Å². The Hall–Kier alpha value is -5.84. The van der Waals surface area contributed by atoms with E-state index >= 15 is 0 Å². The maximum Gasteiger partial charge on any atom is 0.261 e. The number of ether oxygens (including phenoxy) is 5. The molecule has 0 radical (unpaired) electrons. The molecule has 11 heteroatoms.